The number of benzene rings is 2. The van der Waals surface area contributed by atoms with Gasteiger partial charge in [0.2, 0.25) is 0 Å². The van der Waals surface area contributed by atoms with Crippen LogP contribution in [0.1, 0.15) is 21.6 Å². The second-order valence-electron chi connectivity index (χ2n) is 6.88. The molecule has 6 nitrogen and oxygen atoms in total. The van der Waals surface area contributed by atoms with Crippen molar-refractivity contribution in [2.45, 2.75) is 17.2 Å². The average molecular weight is 434 g/mol. The molecule has 0 atom stereocenters. The molecule has 0 bridgehead atoms. The summed E-state index contributed by atoms with van der Waals surface area (Å²) in [6.07, 6.45) is 4.03. The summed E-state index contributed by atoms with van der Waals surface area (Å²) in [5, 5.41) is 2.94. The number of rotatable bonds is 8. The highest BCUT2D eigenvalue weighted by Crippen LogP contribution is 2.27. The molecule has 7 heteroatoms. The lowest BCUT2D eigenvalue weighted by atomic mass is 10.1. The molecule has 2 aromatic carbocycles. The lowest BCUT2D eigenvalue weighted by Crippen LogP contribution is -2.22. The zero-order chi connectivity index (χ0) is 21.6. The zero-order valence-corrected chi connectivity index (χ0v) is 18.2. The number of hydrogen-bond acceptors (Lipinski definition) is 5. The van der Waals surface area contributed by atoms with Gasteiger partial charge in [-0.1, -0.05) is 12.1 Å². The van der Waals surface area contributed by atoms with E-state index in [-0.39, 0.29) is 5.91 Å². The fourth-order valence-corrected chi connectivity index (χ4v) is 3.97. The van der Waals surface area contributed by atoms with Crippen molar-refractivity contribution in [2.75, 3.05) is 14.2 Å². The number of nitrogens with one attached hydrogen (secondary N) is 1. The van der Waals surface area contributed by atoms with Crippen molar-refractivity contribution in [3.05, 3.63) is 89.9 Å². The summed E-state index contributed by atoms with van der Waals surface area (Å²) in [4.78, 5) is 18.2. The van der Waals surface area contributed by atoms with Crippen LogP contribution in [0.2, 0.25) is 0 Å². The van der Waals surface area contributed by atoms with Crippen LogP contribution >= 0.6 is 11.8 Å². The van der Waals surface area contributed by atoms with Crippen molar-refractivity contribution in [3.8, 4) is 11.5 Å². The monoisotopic (exact) mass is 433 g/mol. The molecule has 2 heterocycles. The van der Waals surface area contributed by atoms with Gasteiger partial charge in [-0.2, -0.15) is 0 Å². The molecule has 0 unspecified atom stereocenters. The number of ether oxygens (including phenoxy) is 2. The van der Waals surface area contributed by atoms with E-state index in [2.05, 4.69) is 10.3 Å². The lowest BCUT2D eigenvalue weighted by molar-refractivity contribution is 0.0951. The number of nitrogens with zero attached hydrogens (tertiary/aromatic N) is 2. The average Bonchev–Trinajstić information content (AvgIpc) is 3.24. The molecular weight excluding hydrogens is 410 g/mol. The van der Waals surface area contributed by atoms with Gasteiger partial charge < -0.3 is 19.2 Å². The number of hydrogen-bond donors (Lipinski definition) is 1. The minimum absolute atomic E-state index is 0.119. The van der Waals surface area contributed by atoms with Gasteiger partial charge in [0, 0.05) is 35.2 Å². The quantitative estimate of drug-likeness (QED) is 0.412. The van der Waals surface area contributed by atoms with Crippen LogP contribution in [0.25, 0.3) is 5.65 Å². The first-order chi connectivity index (χ1) is 15.2. The Morgan fingerprint density at radius 3 is 2.58 bits per heavy atom. The first-order valence-corrected chi connectivity index (χ1v) is 10.8. The fraction of sp³-hybridized carbons (Fsp3) is 0.167. The molecule has 1 amide bonds. The van der Waals surface area contributed by atoms with E-state index in [0.717, 1.165) is 27.6 Å². The number of aromatic nitrogens is 2. The Morgan fingerprint density at radius 1 is 1.03 bits per heavy atom. The van der Waals surface area contributed by atoms with Crippen LogP contribution in [0, 0.1) is 0 Å². The van der Waals surface area contributed by atoms with E-state index in [1.807, 2.05) is 77.5 Å². The predicted molar refractivity (Wildman–Crippen MR) is 122 cm³/mol. The van der Waals surface area contributed by atoms with Crippen LogP contribution in [0.4, 0.5) is 0 Å². The second-order valence-corrected chi connectivity index (χ2v) is 7.93. The molecule has 158 valence electrons. The molecule has 0 saturated heterocycles. The SMILES string of the molecule is COc1ccc(CNC(=O)c2ccc(SCc3cn4ccccc4n3)cc2)cc1OC. The Bertz CT molecular complexity index is 1160. The molecule has 0 aliphatic carbocycles. The van der Waals surface area contributed by atoms with Crippen LogP contribution in [-0.2, 0) is 12.3 Å². The molecule has 0 saturated carbocycles. The fourth-order valence-electron chi connectivity index (χ4n) is 3.19. The predicted octanol–water partition coefficient (Wildman–Crippen LogP) is 4.57. The number of carbonyl (C=O) groups is 1. The number of methoxy groups -OCH3 is 2. The lowest BCUT2D eigenvalue weighted by Gasteiger charge is -2.10. The summed E-state index contributed by atoms with van der Waals surface area (Å²) in [6, 6.07) is 19.2. The van der Waals surface area contributed by atoms with E-state index >= 15 is 0 Å². The summed E-state index contributed by atoms with van der Waals surface area (Å²) in [6.45, 7) is 0.406. The Kier molecular flexibility index (Phi) is 6.43. The smallest absolute Gasteiger partial charge is 0.251 e. The number of pyridine rings is 1. The van der Waals surface area contributed by atoms with E-state index in [9.17, 15) is 4.79 Å². The molecule has 4 rings (SSSR count). The van der Waals surface area contributed by atoms with E-state index in [1.165, 1.54) is 0 Å². The third-order valence-electron chi connectivity index (χ3n) is 4.82. The van der Waals surface area contributed by atoms with Crippen molar-refractivity contribution in [2.24, 2.45) is 0 Å². The first-order valence-electron chi connectivity index (χ1n) is 9.81. The highest BCUT2D eigenvalue weighted by molar-refractivity contribution is 7.98. The topological polar surface area (TPSA) is 64.9 Å². The van der Waals surface area contributed by atoms with Gasteiger partial charge in [0.05, 0.1) is 19.9 Å². The third-order valence-corrected chi connectivity index (χ3v) is 5.86. The van der Waals surface area contributed by atoms with Crippen molar-refractivity contribution in [3.63, 3.8) is 0 Å². The minimum atomic E-state index is -0.119. The van der Waals surface area contributed by atoms with Crippen LogP contribution in [0.5, 0.6) is 11.5 Å². The maximum Gasteiger partial charge on any atom is 0.251 e. The molecule has 0 aliphatic rings. The van der Waals surface area contributed by atoms with Gasteiger partial charge in [-0.25, -0.2) is 4.98 Å². The zero-order valence-electron chi connectivity index (χ0n) is 17.4. The van der Waals surface area contributed by atoms with Gasteiger partial charge in [-0.15, -0.1) is 11.8 Å². The normalized spacial score (nSPS) is 10.8. The molecule has 1 N–H and O–H groups in total. The first kappa shape index (κ1) is 20.8. The Hall–Kier alpha value is -3.45. The van der Waals surface area contributed by atoms with E-state index < -0.39 is 0 Å². The Balaban J connectivity index is 1.32. The van der Waals surface area contributed by atoms with Gasteiger partial charge in [0.1, 0.15) is 5.65 Å². The van der Waals surface area contributed by atoms with Crippen molar-refractivity contribution >= 4 is 23.3 Å². The van der Waals surface area contributed by atoms with Crippen molar-refractivity contribution in [1.29, 1.82) is 0 Å². The maximum atomic E-state index is 12.5. The number of carbonyl (C=O) groups excluding carboxylic acids is 1. The summed E-state index contributed by atoms with van der Waals surface area (Å²) >= 11 is 1.69. The molecule has 0 radical (unpaired) electrons. The molecule has 2 aromatic heterocycles. The van der Waals surface area contributed by atoms with Gasteiger partial charge >= 0.3 is 0 Å². The number of imidazole rings is 1. The Morgan fingerprint density at radius 2 is 1.84 bits per heavy atom. The summed E-state index contributed by atoms with van der Waals surface area (Å²) < 4.78 is 12.6. The van der Waals surface area contributed by atoms with Crippen molar-refractivity contribution in [1.82, 2.24) is 14.7 Å². The summed E-state index contributed by atoms with van der Waals surface area (Å²) in [7, 11) is 3.19. The van der Waals surface area contributed by atoms with Crippen LogP contribution in [0.3, 0.4) is 0 Å². The summed E-state index contributed by atoms with van der Waals surface area (Å²) in [5.74, 6) is 1.95. The Labute approximate surface area is 185 Å². The molecule has 31 heavy (non-hydrogen) atoms. The number of amides is 1. The number of thioether (sulfide) groups is 1. The van der Waals surface area contributed by atoms with Gasteiger partial charge in [0.25, 0.3) is 5.91 Å². The van der Waals surface area contributed by atoms with Gasteiger partial charge in [-0.05, 0) is 54.1 Å². The largest absolute Gasteiger partial charge is 0.493 e. The van der Waals surface area contributed by atoms with E-state index in [1.54, 1.807) is 26.0 Å². The van der Waals surface area contributed by atoms with Gasteiger partial charge in [-0.3, -0.25) is 4.79 Å². The van der Waals surface area contributed by atoms with E-state index in [0.29, 0.717) is 23.6 Å². The van der Waals surface area contributed by atoms with E-state index in [4.69, 9.17) is 9.47 Å². The molecule has 0 spiro atoms. The molecule has 0 fully saturated rings. The number of fused-ring (bicyclic) bond motifs is 1. The van der Waals surface area contributed by atoms with Crippen LogP contribution < -0.4 is 14.8 Å². The second kappa shape index (κ2) is 9.57. The summed E-state index contributed by atoms with van der Waals surface area (Å²) in [5.41, 5.74) is 3.52. The van der Waals surface area contributed by atoms with Gasteiger partial charge in [0.15, 0.2) is 11.5 Å². The molecule has 0 aliphatic heterocycles. The van der Waals surface area contributed by atoms with Crippen LogP contribution in [0.15, 0.2) is 78.0 Å². The maximum absolute atomic E-state index is 12.5. The highest BCUT2D eigenvalue weighted by Gasteiger charge is 2.09. The third kappa shape index (κ3) is 5.00. The standard InChI is InChI=1S/C24H23N3O3S/c1-29-21-11-6-17(13-22(21)30-2)14-25-24(28)18-7-9-20(10-8-18)31-16-19-15-27-12-4-3-5-23(27)26-19/h3-13,15H,14,16H2,1-2H3,(H,25,28). The highest BCUT2D eigenvalue weighted by atomic mass is 32.2. The van der Waals surface area contributed by atoms with Crippen molar-refractivity contribution < 1.29 is 14.3 Å². The molecular formula is C24H23N3O3S. The van der Waals surface area contributed by atoms with Crippen LogP contribution in [-0.4, -0.2) is 29.5 Å². The minimum Gasteiger partial charge on any atom is -0.493 e. The molecule has 4 aromatic rings.